The lowest BCUT2D eigenvalue weighted by molar-refractivity contribution is 0.399. The number of pyridine rings is 1. The van der Waals surface area contributed by atoms with E-state index in [0.29, 0.717) is 11.5 Å². The topological polar surface area (TPSA) is 50.8 Å². The molecular formula is C14H12BrN3O. The molecule has 0 amide bonds. The zero-order valence-electron chi connectivity index (χ0n) is 10.6. The minimum absolute atomic E-state index is 0.567. The summed E-state index contributed by atoms with van der Waals surface area (Å²) < 4.78 is 6.19. The molecule has 2 aromatic heterocycles. The number of H-pyrrole nitrogens is 1. The summed E-state index contributed by atoms with van der Waals surface area (Å²) >= 11 is 3.50. The number of rotatable bonds is 2. The monoisotopic (exact) mass is 317 g/mol. The highest BCUT2D eigenvalue weighted by atomic mass is 79.9. The second kappa shape index (κ2) is 4.66. The highest BCUT2D eigenvalue weighted by Gasteiger charge is 2.08. The van der Waals surface area contributed by atoms with Gasteiger partial charge in [-0.05, 0) is 30.7 Å². The molecule has 1 aromatic carbocycles. The molecule has 0 bridgehead atoms. The molecule has 0 fully saturated rings. The highest BCUT2D eigenvalue weighted by Crippen LogP contribution is 2.25. The van der Waals surface area contributed by atoms with Crippen molar-refractivity contribution >= 4 is 27.1 Å². The first kappa shape index (κ1) is 12.2. The van der Waals surface area contributed by atoms with E-state index in [9.17, 15) is 0 Å². The first-order valence-electron chi connectivity index (χ1n) is 5.84. The maximum Gasteiger partial charge on any atom is 0.215 e. The Labute approximate surface area is 119 Å². The van der Waals surface area contributed by atoms with Crippen LogP contribution in [-0.2, 0) is 0 Å². The van der Waals surface area contributed by atoms with Gasteiger partial charge in [0.25, 0.3) is 0 Å². The van der Waals surface area contributed by atoms with E-state index in [-0.39, 0.29) is 0 Å². The van der Waals surface area contributed by atoms with Crippen molar-refractivity contribution in [2.45, 2.75) is 6.92 Å². The lowest BCUT2D eigenvalue weighted by Crippen LogP contribution is -1.86. The first-order valence-corrected chi connectivity index (χ1v) is 6.64. The van der Waals surface area contributed by atoms with E-state index in [1.807, 2.05) is 24.3 Å². The van der Waals surface area contributed by atoms with Gasteiger partial charge in [-0.1, -0.05) is 22.0 Å². The SMILES string of the molecule is COc1ccc2[nH]c(-c3ccc(Br)c(C)c3)nc2n1. The number of aryl methyl sites for hydroxylation is 1. The summed E-state index contributed by atoms with van der Waals surface area (Å²) in [6.45, 7) is 2.05. The van der Waals surface area contributed by atoms with Crippen molar-refractivity contribution < 1.29 is 4.74 Å². The van der Waals surface area contributed by atoms with Gasteiger partial charge in [0.05, 0.1) is 12.6 Å². The Hall–Kier alpha value is -1.88. The Bertz CT molecular complexity index is 752. The number of imidazole rings is 1. The van der Waals surface area contributed by atoms with Crippen molar-refractivity contribution in [2.24, 2.45) is 0 Å². The number of ether oxygens (including phenoxy) is 1. The van der Waals surface area contributed by atoms with Crippen molar-refractivity contribution in [3.8, 4) is 17.3 Å². The van der Waals surface area contributed by atoms with Crippen LogP contribution in [0.15, 0.2) is 34.8 Å². The number of halogens is 1. The minimum atomic E-state index is 0.567. The molecule has 2 heterocycles. The van der Waals surface area contributed by atoms with Gasteiger partial charge in [0.15, 0.2) is 5.65 Å². The van der Waals surface area contributed by atoms with Gasteiger partial charge in [-0.15, -0.1) is 0 Å². The average molecular weight is 318 g/mol. The Kier molecular flexibility index (Phi) is 2.98. The Morgan fingerprint density at radius 1 is 1.16 bits per heavy atom. The average Bonchev–Trinajstić information content (AvgIpc) is 2.84. The third kappa shape index (κ3) is 2.21. The van der Waals surface area contributed by atoms with E-state index in [0.717, 1.165) is 21.4 Å². The molecule has 0 aliphatic rings. The molecule has 1 N–H and O–H groups in total. The number of hydrogen-bond acceptors (Lipinski definition) is 3. The molecule has 0 atom stereocenters. The number of aromatic nitrogens is 3. The standard InChI is InChI=1S/C14H12BrN3O/c1-8-7-9(3-4-10(8)15)13-16-11-5-6-12(19-2)17-14(11)18-13/h3-7H,1-2H3,(H,16,17,18). The molecule has 0 aliphatic carbocycles. The second-order valence-electron chi connectivity index (χ2n) is 4.27. The predicted molar refractivity (Wildman–Crippen MR) is 78.3 cm³/mol. The fraction of sp³-hybridized carbons (Fsp3) is 0.143. The Morgan fingerprint density at radius 2 is 2.00 bits per heavy atom. The lowest BCUT2D eigenvalue weighted by atomic mass is 10.1. The number of hydrogen-bond donors (Lipinski definition) is 1. The molecular weight excluding hydrogens is 306 g/mol. The quantitative estimate of drug-likeness (QED) is 0.784. The number of fused-ring (bicyclic) bond motifs is 1. The van der Waals surface area contributed by atoms with E-state index >= 15 is 0 Å². The highest BCUT2D eigenvalue weighted by molar-refractivity contribution is 9.10. The van der Waals surface area contributed by atoms with Crippen LogP contribution in [0, 0.1) is 6.92 Å². The van der Waals surface area contributed by atoms with Gasteiger partial charge in [-0.25, -0.2) is 4.98 Å². The van der Waals surface area contributed by atoms with E-state index in [4.69, 9.17) is 4.74 Å². The van der Waals surface area contributed by atoms with Gasteiger partial charge in [0.2, 0.25) is 5.88 Å². The van der Waals surface area contributed by atoms with Gasteiger partial charge in [-0.3, -0.25) is 0 Å². The summed E-state index contributed by atoms with van der Waals surface area (Å²) in [5.41, 5.74) is 3.77. The molecule has 3 aromatic rings. The van der Waals surface area contributed by atoms with Crippen LogP contribution in [0.1, 0.15) is 5.56 Å². The van der Waals surface area contributed by atoms with E-state index in [2.05, 4.69) is 43.9 Å². The molecule has 0 spiro atoms. The Balaban J connectivity index is 2.11. The van der Waals surface area contributed by atoms with Crippen LogP contribution in [-0.4, -0.2) is 22.1 Å². The van der Waals surface area contributed by atoms with Crippen LogP contribution in [0.25, 0.3) is 22.6 Å². The van der Waals surface area contributed by atoms with E-state index in [1.54, 1.807) is 7.11 Å². The van der Waals surface area contributed by atoms with E-state index < -0.39 is 0 Å². The smallest absolute Gasteiger partial charge is 0.215 e. The van der Waals surface area contributed by atoms with Crippen LogP contribution >= 0.6 is 15.9 Å². The van der Waals surface area contributed by atoms with Gasteiger partial charge >= 0.3 is 0 Å². The summed E-state index contributed by atoms with van der Waals surface area (Å²) in [7, 11) is 1.60. The second-order valence-corrected chi connectivity index (χ2v) is 5.13. The summed E-state index contributed by atoms with van der Waals surface area (Å²) in [5.74, 6) is 1.38. The van der Waals surface area contributed by atoms with Crippen LogP contribution in [0.4, 0.5) is 0 Å². The third-order valence-corrected chi connectivity index (χ3v) is 3.85. The maximum absolute atomic E-state index is 5.10. The molecule has 19 heavy (non-hydrogen) atoms. The molecule has 3 rings (SSSR count). The summed E-state index contributed by atoms with van der Waals surface area (Å²) in [4.78, 5) is 12.1. The zero-order chi connectivity index (χ0) is 13.4. The summed E-state index contributed by atoms with van der Waals surface area (Å²) in [6, 6.07) is 9.86. The van der Waals surface area contributed by atoms with Gasteiger partial charge < -0.3 is 9.72 Å². The van der Waals surface area contributed by atoms with Crippen LogP contribution in [0.5, 0.6) is 5.88 Å². The molecule has 0 radical (unpaired) electrons. The van der Waals surface area contributed by atoms with Crippen molar-refractivity contribution in [2.75, 3.05) is 7.11 Å². The molecule has 0 unspecified atom stereocenters. The third-order valence-electron chi connectivity index (χ3n) is 2.96. The fourth-order valence-corrected chi connectivity index (χ4v) is 2.16. The largest absolute Gasteiger partial charge is 0.481 e. The number of nitrogens with zero attached hydrogens (tertiary/aromatic N) is 2. The van der Waals surface area contributed by atoms with E-state index in [1.165, 1.54) is 5.56 Å². The van der Waals surface area contributed by atoms with Crippen molar-refractivity contribution in [3.63, 3.8) is 0 Å². The predicted octanol–water partition coefficient (Wildman–Crippen LogP) is 3.70. The number of nitrogens with one attached hydrogen (secondary N) is 1. The number of aromatic amines is 1. The van der Waals surface area contributed by atoms with Gasteiger partial charge in [0.1, 0.15) is 5.82 Å². The van der Waals surface area contributed by atoms with Crippen molar-refractivity contribution in [1.82, 2.24) is 15.0 Å². The fourth-order valence-electron chi connectivity index (χ4n) is 1.92. The zero-order valence-corrected chi connectivity index (χ0v) is 12.2. The molecule has 0 aliphatic heterocycles. The minimum Gasteiger partial charge on any atom is -0.481 e. The first-order chi connectivity index (χ1) is 9.17. The normalized spacial score (nSPS) is 10.9. The summed E-state index contributed by atoms with van der Waals surface area (Å²) in [6.07, 6.45) is 0. The lowest BCUT2D eigenvalue weighted by Gasteiger charge is -2.00. The number of methoxy groups -OCH3 is 1. The maximum atomic E-state index is 5.10. The Morgan fingerprint density at radius 3 is 2.74 bits per heavy atom. The number of benzene rings is 1. The van der Waals surface area contributed by atoms with Gasteiger partial charge in [-0.2, -0.15) is 4.98 Å². The van der Waals surface area contributed by atoms with Crippen molar-refractivity contribution in [3.05, 3.63) is 40.4 Å². The van der Waals surface area contributed by atoms with Crippen LogP contribution in [0.3, 0.4) is 0 Å². The van der Waals surface area contributed by atoms with Crippen molar-refractivity contribution in [1.29, 1.82) is 0 Å². The molecule has 4 nitrogen and oxygen atoms in total. The van der Waals surface area contributed by atoms with Crippen LogP contribution in [0.2, 0.25) is 0 Å². The van der Waals surface area contributed by atoms with Crippen LogP contribution < -0.4 is 4.74 Å². The summed E-state index contributed by atoms with van der Waals surface area (Å²) in [5, 5.41) is 0. The molecule has 5 heteroatoms. The van der Waals surface area contributed by atoms with Gasteiger partial charge in [0, 0.05) is 16.1 Å². The molecule has 96 valence electrons. The molecule has 0 saturated carbocycles. The molecule has 0 saturated heterocycles.